The molecule has 0 fully saturated rings. The summed E-state index contributed by atoms with van der Waals surface area (Å²) in [5, 5.41) is 10.7. The average Bonchev–Trinajstić information content (AvgIpc) is 2.37. The molecule has 0 aliphatic heterocycles. The molecular weight excluding hydrogens is 392 g/mol. The lowest BCUT2D eigenvalue weighted by Gasteiger charge is -2.07. The van der Waals surface area contributed by atoms with Gasteiger partial charge in [0.1, 0.15) is 11.6 Å². The normalized spacial score (nSPS) is 10.2. The van der Waals surface area contributed by atoms with E-state index >= 15 is 0 Å². The number of carbonyl (C=O) groups excluding carboxylic acids is 1. The number of rotatable bonds is 3. The van der Waals surface area contributed by atoms with Crippen molar-refractivity contribution in [2.75, 3.05) is 0 Å². The predicted molar refractivity (Wildman–Crippen MR) is 81.9 cm³/mol. The van der Waals surface area contributed by atoms with Crippen molar-refractivity contribution < 1.29 is 18.8 Å². The quantitative estimate of drug-likeness (QED) is 0.258. The number of nitrogens with zero attached hydrogens (tertiary/aromatic N) is 1. The molecule has 0 spiro atoms. The van der Waals surface area contributed by atoms with Gasteiger partial charge in [-0.2, -0.15) is 0 Å². The minimum atomic E-state index is -0.646. The third-order valence-corrected chi connectivity index (χ3v) is 3.62. The first kappa shape index (κ1) is 15.4. The van der Waals surface area contributed by atoms with Crippen molar-refractivity contribution in [3.8, 4) is 5.75 Å². The Morgan fingerprint density at radius 3 is 2.57 bits per heavy atom. The van der Waals surface area contributed by atoms with Crippen LogP contribution in [0.5, 0.6) is 5.75 Å². The number of benzene rings is 2. The Kier molecular flexibility index (Phi) is 4.51. The molecule has 21 heavy (non-hydrogen) atoms. The van der Waals surface area contributed by atoms with Crippen LogP contribution >= 0.6 is 22.6 Å². The summed E-state index contributed by atoms with van der Waals surface area (Å²) < 4.78 is 18.6. The van der Waals surface area contributed by atoms with Crippen LogP contribution in [0, 0.1) is 26.4 Å². The molecule has 108 valence electrons. The van der Waals surface area contributed by atoms with E-state index in [0.717, 1.165) is 0 Å². The minimum Gasteiger partial charge on any atom is -0.423 e. The van der Waals surface area contributed by atoms with Crippen LogP contribution in [-0.2, 0) is 0 Å². The standard InChI is InChI=1S/C14H9FINO4/c1-8-6-10(3-5-13(8)17(19)20)21-14(18)11-4-2-9(15)7-12(11)16/h2-7H,1H3. The van der Waals surface area contributed by atoms with Crippen molar-refractivity contribution in [1.82, 2.24) is 0 Å². The molecule has 0 aliphatic carbocycles. The fourth-order valence-corrected chi connectivity index (χ4v) is 2.41. The lowest BCUT2D eigenvalue weighted by molar-refractivity contribution is -0.385. The van der Waals surface area contributed by atoms with Crippen molar-refractivity contribution >= 4 is 34.2 Å². The number of aryl methyl sites for hydroxylation is 1. The third kappa shape index (κ3) is 3.54. The monoisotopic (exact) mass is 401 g/mol. The first-order valence-corrected chi connectivity index (χ1v) is 6.88. The maximum Gasteiger partial charge on any atom is 0.344 e. The molecule has 0 radical (unpaired) electrons. The van der Waals surface area contributed by atoms with Gasteiger partial charge in [0.15, 0.2) is 0 Å². The van der Waals surface area contributed by atoms with Crippen molar-refractivity contribution in [2.45, 2.75) is 6.92 Å². The Balaban J connectivity index is 2.23. The van der Waals surface area contributed by atoms with Crippen LogP contribution in [0.4, 0.5) is 10.1 Å². The topological polar surface area (TPSA) is 69.4 Å². The molecule has 7 heteroatoms. The zero-order chi connectivity index (χ0) is 15.6. The Labute approximate surface area is 133 Å². The molecule has 2 aromatic rings. The predicted octanol–water partition coefficient (Wildman–Crippen LogP) is 3.87. The molecule has 0 aromatic heterocycles. The third-order valence-electron chi connectivity index (χ3n) is 2.73. The molecule has 0 amide bonds. The molecule has 2 rings (SSSR count). The number of halogens is 2. The number of nitro benzene ring substituents is 1. The van der Waals surface area contributed by atoms with Gasteiger partial charge in [0.25, 0.3) is 5.69 Å². The molecular formula is C14H9FINO4. The van der Waals surface area contributed by atoms with Gasteiger partial charge in [0, 0.05) is 15.2 Å². The summed E-state index contributed by atoms with van der Waals surface area (Å²) in [7, 11) is 0. The fourth-order valence-electron chi connectivity index (χ4n) is 1.71. The van der Waals surface area contributed by atoms with Gasteiger partial charge < -0.3 is 4.74 Å². The van der Waals surface area contributed by atoms with Gasteiger partial charge in [0.2, 0.25) is 0 Å². The number of esters is 1. The van der Waals surface area contributed by atoms with Gasteiger partial charge >= 0.3 is 5.97 Å². The highest BCUT2D eigenvalue weighted by Gasteiger charge is 2.16. The summed E-state index contributed by atoms with van der Waals surface area (Å²) in [5.41, 5.74) is 0.568. The SMILES string of the molecule is Cc1cc(OC(=O)c2ccc(F)cc2I)ccc1[N+](=O)[O-]. The van der Waals surface area contributed by atoms with Gasteiger partial charge in [-0.05, 0) is 59.8 Å². The highest BCUT2D eigenvalue weighted by atomic mass is 127. The van der Waals surface area contributed by atoms with Crippen molar-refractivity contribution in [3.63, 3.8) is 0 Å². The van der Waals surface area contributed by atoms with E-state index in [-0.39, 0.29) is 17.0 Å². The number of nitro groups is 1. The summed E-state index contributed by atoms with van der Waals surface area (Å²) in [6, 6.07) is 7.75. The van der Waals surface area contributed by atoms with E-state index in [2.05, 4.69) is 0 Å². The van der Waals surface area contributed by atoms with Gasteiger partial charge in [-0.1, -0.05) is 0 Å². The number of carbonyl (C=O) groups is 1. The van der Waals surface area contributed by atoms with Crippen molar-refractivity contribution in [3.05, 3.63) is 67.0 Å². The van der Waals surface area contributed by atoms with Crippen LogP contribution in [0.3, 0.4) is 0 Å². The van der Waals surface area contributed by atoms with E-state index in [1.807, 2.05) is 22.6 Å². The molecule has 2 aromatic carbocycles. The second kappa shape index (κ2) is 6.17. The van der Waals surface area contributed by atoms with Crippen LogP contribution in [-0.4, -0.2) is 10.9 Å². The van der Waals surface area contributed by atoms with Crippen LogP contribution < -0.4 is 4.74 Å². The van der Waals surface area contributed by atoms with Gasteiger partial charge in [-0.3, -0.25) is 10.1 Å². The van der Waals surface area contributed by atoms with Gasteiger partial charge in [-0.25, -0.2) is 9.18 Å². The molecule has 0 bridgehead atoms. The lowest BCUT2D eigenvalue weighted by atomic mass is 10.2. The fraction of sp³-hybridized carbons (Fsp3) is 0.0714. The van der Waals surface area contributed by atoms with Crippen LogP contribution in [0.1, 0.15) is 15.9 Å². The number of ether oxygens (including phenoxy) is 1. The Morgan fingerprint density at radius 2 is 2.00 bits per heavy atom. The number of hydrogen-bond acceptors (Lipinski definition) is 4. The maximum absolute atomic E-state index is 13.0. The second-order valence-electron chi connectivity index (χ2n) is 4.22. The maximum atomic E-state index is 13.0. The van der Waals surface area contributed by atoms with E-state index in [1.165, 1.54) is 36.4 Å². The Hall–Kier alpha value is -2.03. The highest BCUT2D eigenvalue weighted by Crippen LogP contribution is 2.24. The molecule has 0 atom stereocenters. The first-order valence-electron chi connectivity index (χ1n) is 5.81. The minimum absolute atomic E-state index is 0.0499. The zero-order valence-electron chi connectivity index (χ0n) is 10.8. The molecule has 0 saturated heterocycles. The summed E-state index contributed by atoms with van der Waals surface area (Å²) in [6.07, 6.45) is 0. The van der Waals surface area contributed by atoms with Crippen molar-refractivity contribution in [1.29, 1.82) is 0 Å². The van der Waals surface area contributed by atoms with Gasteiger partial charge in [0.05, 0.1) is 10.5 Å². The first-order chi connectivity index (χ1) is 9.88. The average molecular weight is 401 g/mol. The summed E-state index contributed by atoms with van der Waals surface area (Å²) in [4.78, 5) is 22.2. The molecule has 0 heterocycles. The second-order valence-corrected chi connectivity index (χ2v) is 5.38. The summed E-state index contributed by atoms with van der Waals surface area (Å²) in [6.45, 7) is 1.55. The van der Waals surface area contributed by atoms with E-state index in [1.54, 1.807) is 6.92 Å². The largest absolute Gasteiger partial charge is 0.423 e. The van der Waals surface area contributed by atoms with Crippen LogP contribution in [0.2, 0.25) is 0 Å². The van der Waals surface area contributed by atoms with Crippen molar-refractivity contribution in [2.24, 2.45) is 0 Å². The Bertz CT molecular complexity index is 733. The smallest absolute Gasteiger partial charge is 0.344 e. The molecule has 0 saturated carbocycles. The number of hydrogen-bond donors (Lipinski definition) is 0. The molecule has 0 N–H and O–H groups in total. The zero-order valence-corrected chi connectivity index (χ0v) is 13.0. The van der Waals surface area contributed by atoms with E-state index in [9.17, 15) is 19.3 Å². The molecule has 0 unspecified atom stereocenters. The van der Waals surface area contributed by atoms with Crippen LogP contribution in [0.25, 0.3) is 0 Å². The summed E-state index contributed by atoms with van der Waals surface area (Å²) in [5.74, 6) is -0.891. The lowest BCUT2D eigenvalue weighted by Crippen LogP contribution is -2.10. The Morgan fingerprint density at radius 1 is 1.29 bits per heavy atom. The van der Waals surface area contributed by atoms with Crippen LogP contribution in [0.15, 0.2) is 36.4 Å². The highest BCUT2D eigenvalue weighted by molar-refractivity contribution is 14.1. The van der Waals surface area contributed by atoms with E-state index < -0.39 is 16.7 Å². The van der Waals surface area contributed by atoms with Gasteiger partial charge in [-0.15, -0.1) is 0 Å². The van der Waals surface area contributed by atoms with E-state index in [0.29, 0.717) is 9.13 Å². The molecule has 5 nitrogen and oxygen atoms in total. The summed E-state index contributed by atoms with van der Waals surface area (Å²) >= 11 is 1.83. The van der Waals surface area contributed by atoms with E-state index in [4.69, 9.17) is 4.74 Å². The molecule has 0 aliphatic rings.